The summed E-state index contributed by atoms with van der Waals surface area (Å²) in [4.78, 5) is 8.57. The van der Waals surface area contributed by atoms with E-state index in [-0.39, 0.29) is 0 Å². The van der Waals surface area contributed by atoms with Gasteiger partial charge >= 0.3 is 5.78 Å². The first kappa shape index (κ1) is 10.2. The summed E-state index contributed by atoms with van der Waals surface area (Å²) in [5.74, 6) is 0.659. The zero-order valence-electron chi connectivity index (χ0n) is 9.29. The summed E-state index contributed by atoms with van der Waals surface area (Å²) in [6, 6.07) is 12.2. The van der Waals surface area contributed by atoms with Crippen LogP contribution in [0.25, 0.3) is 17.0 Å². The molecule has 0 amide bonds. The number of rotatable bonds is 1. The van der Waals surface area contributed by atoms with Crippen LogP contribution in [0.2, 0.25) is 0 Å². The number of aromatic nitrogens is 3. The van der Waals surface area contributed by atoms with Crippen molar-refractivity contribution in [2.75, 3.05) is 5.73 Å². The second-order valence-electron chi connectivity index (χ2n) is 3.78. The molecule has 1 aromatic carbocycles. The van der Waals surface area contributed by atoms with Crippen molar-refractivity contribution in [3.8, 4) is 11.3 Å². The van der Waals surface area contributed by atoms with Crippen LogP contribution in [0.1, 0.15) is 5.69 Å². The van der Waals surface area contributed by atoms with E-state index in [4.69, 9.17) is 5.73 Å². The number of nitrogens with zero attached hydrogens (tertiary/aromatic N) is 3. The van der Waals surface area contributed by atoms with E-state index in [1.54, 1.807) is 0 Å². The Morgan fingerprint density at radius 3 is 2.71 bits per heavy atom. The molecule has 4 nitrogen and oxygen atoms in total. The highest BCUT2D eigenvalue weighted by molar-refractivity contribution is 7.05. The fraction of sp³-hybridized carbons (Fsp3) is 0.0833. The Labute approximate surface area is 103 Å². The lowest BCUT2D eigenvalue weighted by Gasteiger charge is -1.99. The molecule has 2 aromatic heterocycles. The molecule has 0 aliphatic rings. The van der Waals surface area contributed by atoms with E-state index in [0.717, 1.165) is 17.0 Å². The Kier molecular flexibility index (Phi) is 2.26. The van der Waals surface area contributed by atoms with Crippen molar-refractivity contribution in [1.29, 1.82) is 0 Å². The zero-order chi connectivity index (χ0) is 11.8. The topological polar surface area (TPSA) is 55.9 Å². The molecule has 17 heavy (non-hydrogen) atoms. The van der Waals surface area contributed by atoms with Crippen molar-refractivity contribution in [2.45, 2.75) is 6.92 Å². The molecule has 0 bridgehead atoms. The van der Waals surface area contributed by atoms with E-state index >= 15 is 0 Å². The largest absolute Gasteiger partial charge is 0.452 e. The Hall–Kier alpha value is -2.01. The molecule has 2 N–H and O–H groups in total. The maximum atomic E-state index is 5.73. The van der Waals surface area contributed by atoms with Crippen molar-refractivity contribution in [3.63, 3.8) is 0 Å². The monoisotopic (exact) mass is 243 g/mol. The molecule has 0 unspecified atom stereocenters. The Balaban J connectivity index is 2.35. The van der Waals surface area contributed by atoms with Crippen molar-refractivity contribution >= 4 is 22.4 Å². The molecule has 0 fully saturated rings. The van der Waals surface area contributed by atoms with E-state index in [1.165, 1.54) is 11.5 Å². The minimum atomic E-state index is 0.528. The second kappa shape index (κ2) is 3.78. The summed E-state index contributed by atoms with van der Waals surface area (Å²) in [6.45, 7) is 1.96. The second-order valence-corrected chi connectivity index (χ2v) is 4.75. The molecule has 0 radical (unpaired) electrons. The van der Waals surface area contributed by atoms with Gasteiger partial charge in [0.05, 0.1) is 11.5 Å². The number of fused-ring (bicyclic) bond motifs is 1. The third-order valence-corrected chi connectivity index (χ3v) is 3.31. The maximum absolute atomic E-state index is 5.73. The molecular formula is C12H11N4S+. The lowest BCUT2D eigenvalue weighted by molar-refractivity contribution is -0.424. The maximum Gasteiger partial charge on any atom is 0.452 e. The number of nitrogens with two attached hydrogens (primary N) is 1. The molecule has 3 rings (SSSR count). The predicted octanol–water partition coefficient (Wildman–Crippen LogP) is 1.83. The summed E-state index contributed by atoms with van der Waals surface area (Å²) in [5, 5.41) is 0.528. The Morgan fingerprint density at radius 1 is 1.18 bits per heavy atom. The van der Waals surface area contributed by atoms with Gasteiger partial charge in [-0.2, -0.15) is 0 Å². The van der Waals surface area contributed by atoms with E-state index in [2.05, 4.69) is 22.1 Å². The van der Waals surface area contributed by atoms with E-state index < -0.39 is 0 Å². The first-order chi connectivity index (χ1) is 8.24. The van der Waals surface area contributed by atoms with Crippen molar-refractivity contribution in [2.24, 2.45) is 0 Å². The van der Waals surface area contributed by atoms with Crippen molar-refractivity contribution in [1.82, 2.24) is 9.97 Å². The highest BCUT2D eigenvalue weighted by Gasteiger charge is 2.17. The minimum Gasteiger partial charge on any atom is -0.359 e. The van der Waals surface area contributed by atoms with Gasteiger partial charge in [-0.05, 0) is 11.9 Å². The molecule has 84 valence electrons. The van der Waals surface area contributed by atoms with Gasteiger partial charge in [-0.3, -0.25) is 0 Å². The molecule has 0 aliphatic heterocycles. The lowest BCUT2D eigenvalue weighted by Crippen LogP contribution is -2.21. The summed E-state index contributed by atoms with van der Waals surface area (Å²) < 4.78 is 1.96. The Morgan fingerprint density at radius 2 is 1.94 bits per heavy atom. The van der Waals surface area contributed by atoms with Crippen LogP contribution in [0.15, 0.2) is 36.4 Å². The van der Waals surface area contributed by atoms with Crippen LogP contribution in [0.4, 0.5) is 5.13 Å². The van der Waals surface area contributed by atoms with Crippen molar-refractivity contribution < 1.29 is 3.79 Å². The summed E-state index contributed by atoms with van der Waals surface area (Å²) >= 11 is 1.40. The van der Waals surface area contributed by atoms with Gasteiger partial charge in [-0.1, -0.05) is 35.3 Å². The highest BCUT2D eigenvalue weighted by Crippen LogP contribution is 2.18. The molecule has 0 aliphatic carbocycles. The van der Waals surface area contributed by atoms with Crippen LogP contribution in [-0.4, -0.2) is 9.97 Å². The van der Waals surface area contributed by atoms with Crippen LogP contribution in [-0.2, 0) is 0 Å². The van der Waals surface area contributed by atoms with Crippen LogP contribution < -0.4 is 9.52 Å². The highest BCUT2D eigenvalue weighted by atomic mass is 32.1. The number of hydrogen-bond acceptors (Lipinski definition) is 4. The molecular weight excluding hydrogens is 232 g/mol. The number of benzene rings is 1. The van der Waals surface area contributed by atoms with Gasteiger partial charge in [0.15, 0.2) is 0 Å². The molecule has 0 atom stereocenters. The van der Waals surface area contributed by atoms with Crippen molar-refractivity contribution in [3.05, 3.63) is 42.1 Å². The quantitative estimate of drug-likeness (QED) is 0.663. The van der Waals surface area contributed by atoms with Gasteiger partial charge in [-0.25, -0.2) is 0 Å². The third kappa shape index (κ3) is 1.74. The number of anilines is 1. The number of hydrogen-bond donors (Lipinski definition) is 1. The molecule has 3 aromatic rings. The Bertz CT molecular complexity index is 676. The standard InChI is InChI=1S/C12H10N4S/c1-8-7-10(9-5-3-2-4-6-9)16-12(14-8)15-11(13)17-16/h2-7,13H,1H3/p+1. The fourth-order valence-electron chi connectivity index (χ4n) is 1.78. The smallest absolute Gasteiger partial charge is 0.359 e. The average molecular weight is 243 g/mol. The summed E-state index contributed by atoms with van der Waals surface area (Å²) in [5.41, 5.74) is 8.88. The van der Waals surface area contributed by atoms with Crippen LogP contribution in [0.3, 0.4) is 0 Å². The third-order valence-electron chi connectivity index (χ3n) is 2.49. The molecule has 0 spiro atoms. The fourth-order valence-corrected chi connectivity index (χ4v) is 2.51. The molecule has 0 saturated carbocycles. The normalized spacial score (nSPS) is 10.9. The number of aryl methyl sites for hydroxylation is 1. The first-order valence-electron chi connectivity index (χ1n) is 5.26. The van der Waals surface area contributed by atoms with E-state index in [1.807, 2.05) is 35.0 Å². The predicted molar refractivity (Wildman–Crippen MR) is 67.7 cm³/mol. The molecule has 0 saturated heterocycles. The van der Waals surface area contributed by atoms with Gasteiger partial charge in [-0.15, -0.1) is 3.79 Å². The van der Waals surface area contributed by atoms with E-state index in [9.17, 15) is 0 Å². The first-order valence-corrected chi connectivity index (χ1v) is 6.03. The molecule has 2 heterocycles. The summed E-state index contributed by atoms with van der Waals surface area (Å²) in [6.07, 6.45) is 0. The average Bonchev–Trinajstić information content (AvgIpc) is 2.69. The van der Waals surface area contributed by atoms with Crippen LogP contribution >= 0.6 is 11.5 Å². The molecule has 5 heteroatoms. The minimum absolute atomic E-state index is 0.528. The van der Waals surface area contributed by atoms with Gasteiger partial charge < -0.3 is 5.73 Å². The number of nitrogen functional groups attached to an aromatic ring is 1. The van der Waals surface area contributed by atoms with Crippen LogP contribution in [0, 0.1) is 6.92 Å². The zero-order valence-corrected chi connectivity index (χ0v) is 10.1. The van der Waals surface area contributed by atoms with Gasteiger partial charge in [0.1, 0.15) is 11.4 Å². The van der Waals surface area contributed by atoms with E-state index in [0.29, 0.717) is 10.9 Å². The summed E-state index contributed by atoms with van der Waals surface area (Å²) in [7, 11) is 0. The van der Waals surface area contributed by atoms with Gasteiger partial charge in [0.2, 0.25) is 0 Å². The van der Waals surface area contributed by atoms with Gasteiger partial charge in [0.25, 0.3) is 5.13 Å². The van der Waals surface area contributed by atoms with Gasteiger partial charge in [0, 0.05) is 11.6 Å². The SMILES string of the molecule is Cc1cc(-c2ccccc2)[n+]2sc(N)nc2n1. The lowest BCUT2D eigenvalue weighted by atomic mass is 10.1. The van der Waals surface area contributed by atoms with Crippen LogP contribution in [0.5, 0.6) is 0 Å².